The Bertz CT molecular complexity index is 429. The van der Waals surface area contributed by atoms with Crippen LogP contribution in [0.1, 0.15) is 30.3 Å². The second-order valence-corrected chi connectivity index (χ2v) is 4.75. The normalized spacial score (nSPS) is 10.8. The van der Waals surface area contributed by atoms with Crippen molar-refractivity contribution in [3.8, 4) is 0 Å². The molecule has 0 radical (unpaired) electrons. The predicted octanol–water partition coefficient (Wildman–Crippen LogP) is 0.762. The lowest BCUT2D eigenvalue weighted by Gasteiger charge is -2.07. The Labute approximate surface area is 120 Å². The molecule has 0 aliphatic heterocycles. The Morgan fingerprint density at radius 3 is 2.80 bits per heavy atom. The number of aryl methyl sites for hydroxylation is 2. The minimum atomic E-state index is 0.0693. The van der Waals surface area contributed by atoms with E-state index < -0.39 is 0 Å². The Kier molecular flexibility index (Phi) is 7.25. The van der Waals surface area contributed by atoms with E-state index in [1.807, 2.05) is 25.5 Å². The molecule has 1 aromatic heterocycles. The molecule has 0 aliphatic rings. The van der Waals surface area contributed by atoms with E-state index in [4.69, 9.17) is 4.74 Å². The van der Waals surface area contributed by atoms with Crippen LogP contribution < -0.4 is 10.6 Å². The van der Waals surface area contributed by atoms with Gasteiger partial charge in [0.15, 0.2) is 0 Å². The minimum Gasteiger partial charge on any atom is -0.383 e. The molecule has 114 valence electrons. The standard InChI is InChI=1S/C14H26N4O2/c1-5-16-14(19)6-8-18-12(3)13(11(2)17-18)10-15-7-9-20-4/h15H,5-10H2,1-4H3,(H,16,19). The van der Waals surface area contributed by atoms with Crippen LogP contribution in [0.5, 0.6) is 0 Å². The molecule has 0 saturated heterocycles. The van der Waals surface area contributed by atoms with Crippen LogP contribution in [0.25, 0.3) is 0 Å². The number of carbonyl (C=O) groups excluding carboxylic acids is 1. The number of aromatic nitrogens is 2. The fourth-order valence-electron chi connectivity index (χ4n) is 2.09. The van der Waals surface area contributed by atoms with Gasteiger partial charge in [-0.2, -0.15) is 5.10 Å². The van der Waals surface area contributed by atoms with Crippen LogP contribution in [-0.4, -0.2) is 42.5 Å². The van der Waals surface area contributed by atoms with Crippen molar-refractivity contribution in [1.82, 2.24) is 20.4 Å². The maximum absolute atomic E-state index is 11.5. The molecule has 0 aliphatic carbocycles. The third kappa shape index (κ3) is 4.94. The van der Waals surface area contributed by atoms with Crippen molar-refractivity contribution < 1.29 is 9.53 Å². The maximum atomic E-state index is 11.5. The second kappa shape index (κ2) is 8.71. The van der Waals surface area contributed by atoms with Crippen LogP contribution in [-0.2, 0) is 22.6 Å². The van der Waals surface area contributed by atoms with Crippen LogP contribution >= 0.6 is 0 Å². The molecule has 6 nitrogen and oxygen atoms in total. The molecule has 0 fully saturated rings. The number of hydrogen-bond acceptors (Lipinski definition) is 4. The average molecular weight is 282 g/mol. The summed E-state index contributed by atoms with van der Waals surface area (Å²) >= 11 is 0. The van der Waals surface area contributed by atoms with Crippen LogP contribution in [0, 0.1) is 13.8 Å². The monoisotopic (exact) mass is 282 g/mol. The highest BCUT2D eigenvalue weighted by molar-refractivity contribution is 5.75. The van der Waals surface area contributed by atoms with Crippen molar-refractivity contribution in [3.05, 3.63) is 17.0 Å². The van der Waals surface area contributed by atoms with Gasteiger partial charge >= 0.3 is 0 Å². The molecule has 1 aromatic rings. The van der Waals surface area contributed by atoms with Gasteiger partial charge in [-0.15, -0.1) is 0 Å². The van der Waals surface area contributed by atoms with Crippen molar-refractivity contribution in [2.45, 2.75) is 40.3 Å². The summed E-state index contributed by atoms with van der Waals surface area (Å²) < 4.78 is 6.92. The number of nitrogens with one attached hydrogen (secondary N) is 2. The molecule has 20 heavy (non-hydrogen) atoms. The van der Waals surface area contributed by atoms with Crippen molar-refractivity contribution in [1.29, 1.82) is 0 Å². The van der Waals surface area contributed by atoms with Gasteiger partial charge < -0.3 is 15.4 Å². The number of carbonyl (C=O) groups is 1. The van der Waals surface area contributed by atoms with Gasteiger partial charge in [-0.25, -0.2) is 0 Å². The third-order valence-corrected chi connectivity index (χ3v) is 3.24. The number of hydrogen-bond donors (Lipinski definition) is 2. The van der Waals surface area contributed by atoms with Crippen LogP contribution in [0.3, 0.4) is 0 Å². The van der Waals surface area contributed by atoms with Crippen LogP contribution in [0.15, 0.2) is 0 Å². The average Bonchev–Trinajstić information content (AvgIpc) is 2.68. The minimum absolute atomic E-state index is 0.0693. The molecule has 2 N–H and O–H groups in total. The number of amides is 1. The highest BCUT2D eigenvalue weighted by Crippen LogP contribution is 2.13. The smallest absolute Gasteiger partial charge is 0.221 e. The van der Waals surface area contributed by atoms with E-state index in [9.17, 15) is 4.79 Å². The molecule has 0 bridgehead atoms. The molecule has 0 atom stereocenters. The Morgan fingerprint density at radius 2 is 2.15 bits per heavy atom. The zero-order valence-electron chi connectivity index (χ0n) is 13.0. The largest absolute Gasteiger partial charge is 0.383 e. The molecular formula is C14H26N4O2. The molecule has 1 rings (SSSR count). The van der Waals surface area contributed by atoms with E-state index in [1.165, 1.54) is 5.56 Å². The lowest BCUT2D eigenvalue weighted by molar-refractivity contribution is -0.121. The Morgan fingerprint density at radius 1 is 1.40 bits per heavy atom. The summed E-state index contributed by atoms with van der Waals surface area (Å²) in [5, 5.41) is 10.6. The number of methoxy groups -OCH3 is 1. The summed E-state index contributed by atoms with van der Waals surface area (Å²) in [5.41, 5.74) is 3.34. The van der Waals surface area contributed by atoms with Crippen molar-refractivity contribution in [3.63, 3.8) is 0 Å². The third-order valence-electron chi connectivity index (χ3n) is 3.24. The van der Waals surface area contributed by atoms with E-state index in [2.05, 4.69) is 15.7 Å². The summed E-state index contributed by atoms with van der Waals surface area (Å²) in [4.78, 5) is 11.5. The summed E-state index contributed by atoms with van der Waals surface area (Å²) in [5.74, 6) is 0.0693. The molecule has 0 spiro atoms. The van der Waals surface area contributed by atoms with E-state index >= 15 is 0 Å². The quantitative estimate of drug-likeness (QED) is 0.656. The number of nitrogens with zero attached hydrogens (tertiary/aromatic N) is 2. The molecule has 0 saturated carbocycles. The summed E-state index contributed by atoms with van der Waals surface area (Å²) in [7, 11) is 1.69. The zero-order valence-corrected chi connectivity index (χ0v) is 13.0. The fourth-order valence-corrected chi connectivity index (χ4v) is 2.09. The Hall–Kier alpha value is -1.40. The van der Waals surface area contributed by atoms with E-state index in [0.717, 1.165) is 24.5 Å². The first kappa shape index (κ1) is 16.7. The topological polar surface area (TPSA) is 68.2 Å². The van der Waals surface area contributed by atoms with Crippen molar-refractivity contribution in [2.75, 3.05) is 26.8 Å². The maximum Gasteiger partial charge on any atom is 0.221 e. The van der Waals surface area contributed by atoms with Gasteiger partial charge in [0.2, 0.25) is 5.91 Å². The lowest BCUT2D eigenvalue weighted by atomic mass is 10.2. The van der Waals surface area contributed by atoms with Gasteiger partial charge in [-0.1, -0.05) is 0 Å². The van der Waals surface area contributed by atoms with Gasteiger partial charge in [0, 0.05) is 51.0 Å². The van der Waals surface area contributed by atoms with Crippen molar-refractivity contribution in [2.24, 2.45) is 0 Å². The van der Waals surface area contributed by atoms with Crippen LogP contribution in [0.2, 0.25) is 0 Å². The SMILES string of the molecule is CCNC(=O)CCn1nc(C)c(CNCCOC)c1C. The first-order chi connectivity index (χ1) is 9.60. The molecule has 1 amide bonds. The molecule has 1 heterocycles. The second-order valence-electron chi connectivity index (χ2n) is 4.75. The summed E-state index contributed by atoms with van der Waals surface area (Å²) in [6, 6.07) is 0. The van der Waals surface area contributed by atoms with E-state index in [-0.39, 0.29) is 5.91 Å². The molecular weight excluding hydrogens is 256 g/mol. The molecule has 6 heteroatoms. The lowest BCUT2D eigenvalue weighted by Crippen LogP contribution is -2.24. The summed E-state index contributed by atoms with van der Waals surface area (Å²) in [6.45, 7) is 9.56. The van der Waals surface area contributed by atoms with Gasteiger partial charge in [-0.3, -0.25) is 9.48 Å². The van der Waals surface area contributed by atoms with Gasteiger partial charge in [0.1, 0.15) is 0 Å². The first-order valence-corrected chi connectivity index (χ1v) is 7.09. The zero-order chi connectivity index (χ0) is 15.0. The molecule has 0 unspecified atom stereocenters. The Balaban J connectivity index is 2.54. The predicted molar refractivity (Wildman–Crippen MR) is 78.6 cm³/mol. The fraction of sp³-hybridized carbons (Fsp3) is 0.714. The van der Waals surface area contributed by atoms with Gasteiger partial charge in [0.25, 0.3) is 0 Å². The molecule has 0 aromatic carbocycles. The summed E-state index contributed by atoms with van der Waals surface area (Å²) in [6.07, 6.45) is 0.465. The number of ether oxygens (including phenoxy) is 1. The number of rotatable bonds is 9. The van der Waals surface area contributed by atoms with Crippen molar-refractivity contribution >= 4 is 5.91 Å². The van der Waals surface area contributed by atoms with E-state index in [0.29, 0.717) is 26.1 Å². The van der Waals surface area contributed by atoms with Gasteiger partial charge in [0.05, 0.1) is 12.3 Å². The highest BCUT2D eigenvalue weighted by atomic mass is 16.5. The van der Waals surface area contributed by atoms with E-state index in [1.54, 1.807) is 7.11 Å². The highest BCUT2D eigenvalue weighted by Gasteiger charge is 2.11. The first-order valence-electron chi connectivity index (χ1n) is 7.09. The van der Waals surface area contributed by atoms with Gasteiger partial charge in [-0.05, 0) is 20.8 Å². The van der Waals surface area contributed by atoms with Crippen LogP contribution in [0.4, 0.5) is 0 Å².